The van der Waals surface area contributed by atoms with Gasteiger partial charge in [-0.25, -0.2) is 0 Å². The molecule has 0 aliphatic carbocycles. The van der Waals surface area contributed by atoms with Crippen LogP contribution in [0.5, 0.6) is 0 Å². The van der Waals surface area contributed by atoms with Crippen LogP contribution in [0, 0.1) is 13.8 Å². The highest BCUT2D eigenvalue weighted by Gasteiger charge is 2.35. The first-order valence-electron chi connectivity index (χ1n) is 7.43. The van der Waals surface area contributed by atoms with Crippen LogP contribution < -0.4 is 0 Å². The molecule has 0 amide bonds. The van der Waals surface area contributed by atoms with Crippen LogP contribution in [-0.4, -0.2) is 13.2 Å². The van der Waals surface area contributed by atoms with E-state index in [0.717, 1.165) is 26.1 Å². The highest BCUT2D eigenvalue weighted by atomic mass is 16.5. The van der Waals surface area contributed by atoms with E-state index in [1.165, 1.54) is 22.3 Å². The van der Waals surface area contributed by atoms with E-state index in [1.54, 1.807) is 0 Å². The van der Waals surface area contributed by atoms with Gasteiger partial charge in [-0.1, -0.05) is 59.7 Å². The van der Waals surface area contributed by atoms with Gasteiger partial charge in [0.2, 0.25) is 0 Å². The molecule has 0 atom stereocenters. The van der Waals surface area contributed by atoms with Gasteiger partial charge in [0.05, 0.1) is 0 Å². The van der Waals surface area contributed by atoms with Crippen LogP contribution in [0.4, 0.5) is 0 Å². The molecule has 1 aliphatic heterocycles. The lowest BCUT2D eigenvalue weighted by Gasteiger charge is -2.38. The molecule has 20 heavy (non-hydrogen) atoms. The Morgan fingerprint density at radius 2 is 1.10 bits per heavy atom. The second-order valence-electron chi connectivity index (χ2n) is 5.93. The molecule has 0 bridgehead atoms. The summed E-state index contributed by atoms with van der Waals surface area (Å²) in [5.74, 6) is 0. The third kappa shape index (κ3) is 2.38. The fourth-order valence-electron chi connectivity index (χ4n) is 3.21. The molecule has 3 rings (SSSR count). The van der Waals surface area contributed by atoms with Gasteiger partial charge in [-0.05, 0) is 37.8 Å². The van der Waals surface area contributed by atoms with Crippen molar-refractivity contribution >= 4 is 0 Å². The van der Waals surface area contributed by atoms with E-state index >= 15 is 0 Å². The topological polar surface area (TPSA) is 9.23 Å². The van der Waals surface area contributed by atoms with E-state index < -0.39 is 0 Å². The molecule has 1 fully saturated rings. The van der Waals surface area contributed by atoms with Crippen LogP contribution in [0.15, 0.2) is 48.5 Å². The Morgan fingerprint density at radius 3 is 1.50 bits per heavy atom. The molecule has 1 heteroatoms. The van der Waals surface area contributed by atoms with Crippen LogP contribution in [0.3, 0.4) is 0 Å². The maximum atomic E-state index is 5.62. The minimum atomic E-state index is 0.125. The molecule has 1 saturated heterocycles. The van der Waals surface area contributed by atoms with E-state index in [9.17, 15) is 0 Å². The van der Waals surface area contributed by atoms with Crippen molar-refractivity contribution in [2.45, 2.75) is 32.1 Å². The van der Waals surface area contributed by atoms with Crippen molar-refractivity contribution in [3.05, 3.63) is 70.8 Å². The second-order valence-corrected chi connectivity index (χ2v) is 5.93. The van der Waals surface area contributed by atoms with E-state index in [1.807, 2.05) is 0 Å². The fourth-order valence-corrected chi connectivity index (χ4v) is 3.21. The van der Waals surface area contributed by atoms with Crippen LogP contribution in [0.1, 0.15) is 35.1 Å². The standard InChI is InChI=1S/C19H22O/c1-15-3-7-17(8-4-15)19(11-13-20-14-12-19)18-9-5-16(2)6-10-18/h3-10H,11-14H2,1-2H3. The maximum Gasteiger partial charge on any atom is 0.0477 e. The van der Waals surface area contributed by atoms with Crippen molar-refractivity contribution in [3.8, 4) is 0 Å². The first-order chi connectivity index (χ1) is 9.71. The Bertz CT molecular complexity index is 512. The minimum Gasteiger partial charge on any atom is -0.381 e. The summed E-state index contributed by atoms with van der Waals surface area (Å²) in [5.41, 5.74) is 5.62. The molecule has 0 N–H and O–H groups in total. The summed E-state index contributed by atoms with van der Waals surface area (Å²) in [5, 5.41) is 0. The quantitative estimate of drug-likeness (QED) is 0.783. The van der Waals surface area contributed by atoms with Crippen molar-refractivity contribution in [1.29, 1.82) is 0 Å². The molecule has 1 aliphatic rings. The number of hydrogen-bond donors (Lipinski definition) is 0. The summed E-state index contributed by atoms with van der Waals surface area (Å²) in [4.78, 5) is 0. The molecule has 2 aromatic rings. The zero-order valence-corrected chi connectivity index (χ0v) is 12.4. The first-order valence-corrected chi connectivity index (χ1v) is 7.43. The Balaban J connectivity index is 2.08. The van der Waals surface area contributed by atoms with Gasteiger partial charge < -0.3 is 4.74 Å². The molecular weight excluding hydrogens is 244 g/mol. The van der Waals surface area contributed by atoms with E-state index in [4.69, 9.17) is 4.74 Å². The number of ether oxygens (including phenoxy) is 1. The zero-order valence-electron chi connectivity index (χ0n) is 12.4. The third-order valence-electron chi connectivity index (χ3n) is 4.55. The van der Waals surface area contributed by atoms with Crippen molar-refractivity contribution in [2.75, 3.05) is 13.2 Å². The molecule has 2 aromatic carbocycles. The summed E-state index contributed by atoms with van der Waals surface area (Å²) in [6.07, 6.45) is 2.14. The van der Waals surface area contributed by atoms with Gasteiger partial charge >= 0.3 is 0 Å². The Labute approximate surface area is 121 Å². The summed E-state index contributed by atoms with van der Waals surface area (Å²) in [6, 6.07) is 18.1. The van der Waals surface area contributed by atoms with Gasteiger partial charge in [0.25, 0.3) is 0 Å². The zero-order chi connectivity index (χ0) is 14.0. The Kier molecular flexibility index (Phi) is 3.62. The Morgan fingerprint density at radius 1 is 0.700 bits per heavy atom. The van der Waals surface area contributed by atoms with Crippen LogP contribution in [0.25, 0.3) is 0 Å². The minimum absolute atomic E-state index is 0.125. The number of aryl methyl sites for hydroxylation is 2. The molecule has 0 saturated carbocycles. The second kappa shape index (κ2) is 5.41. The van der Waals surface area contributed by atoms with Crippen LogP contribution in [0.2, 0.25) is 0 Å². The van der Waals surface area contributed by atoms with E-state index in [2.05, 4.69) is 62.4 Å². The van der Waals surface area contributed by atoms with Gasteiger partial charge in [-0.3, -0.25) is 0 Å². The predicted molar refractivity (Wildman–Crippen MR) is 83.2 cm³/mol. The van der Waals surface area contributed by atoms with Crippen molar-refractivity contribution in [3.63, 3.8) is 0 Å². The summed E-state index contributed by atoms with van der Waals surface area (Å²) in [6.45, 7) is 5.99. The molecule has 1 heterocycles. The van der Waals surface area contributed by atoms with Gasteiger partial charge in [0.1, 0.15) is 0 Å². The van der Waals surface area contributed by atoms with Crippen molar-refractivity contribution in [2.24, 2.45) is 0 Å². The molecular formula is C19H22O. The highest BCUT2D eigenvalue weighted by molar-refractivity contribution is 5.41. The van der Waals surface area contributed by atoms with E-state index in [0.29, 0.717) is 0 Å². The largest absolute Gasteiger partial charge is 0.381 e. The number of rotatable bonds is 2. The maximum absolute atomic E-state index is 5.62. The van der Waals surface area contributed by atoms with Gasteiger partial charge in [-0.15, -0.1) is 0 Å². The summed E-state index contributed by atoms with van der Waals surface area (Å²) in [7, 11) is 0. The monoisotopic (exact) mass is 266 g/mol. The predicted octanol–water partition coefficient (Wildman–Crippen LogP) is 4.40. The third-order valence-corrected chi connectivity index (χ3v) is 4.55. The normalized spacial score (nSPS) is 17.9. The van der Waals surface area contributed by atoms with Crippen LogP contribution in [-0.2, 0) is 10.2 Å². The summed E-state index contributed by atoms with van der Waals surface area (Å²) >= 11 is 0. The van der Waals surface area contributed by atoms with Gasteiger partial charge in [0, 0.05) is 18.6 Å². The van der Waals surface area contributed by atoms with Crippen molar-refractivity contribution in [1.82, 2.24) is 0 Å². The SMILES string of the molecule is Cc1ccc(C2(c3ccc(C)cc3)CCOCC2)cc1. The first kappa shape index (κ1) is 13.4. The lowest BCUT2D eigenvalue weighted by atomic mass is 9.69. The number of benzene rings is 2. The highest BCUT2D eigenvalue weighted by Crippen LogP contribution is 2.41. The van der Waals surface area contributed by atoms with Gasteiger partial charge in [0.15, 0.2) is 0 Å². The summed E-state index contributed by atoms with van der Waals surface area (Å²) < 4.78 is 5.62. The average Bonchev–Trinajstić information content (AvgIpc) is 2.49. The van der Waals surface area contributed by atoms with E-state index in [-0.39, 0.29) is 5.41 Å². The molecule has 1 nitrogen and oxygen atoms in total. The molecule has 0 spiro atoms. The average molecular weight is 266 g/mol. The Hall–Kier alpha value is -1.60. The molecule has 0 aromatic heterocycles. The van der Waals surface area contributed by atoms with Crippen LogP contribution >= 0.6 is 0 Å². The lowest BCUT2D eigenvalue weighted by molar-refractivity contribution is 0.0631. The van der Waals surface area contributed by atoms with Crippen molar-refractivity contribution < 1.29 is 4.74 Å². The molecule has 104 valence electrons. The molecule has 0 unspecified atom stereocenters. The van der Waals surface area contributed by atoms with Gasteiger partial charge in [-0.2, -0.15) is 0 Å². The number of hydrogen-bond acceptors (Lipinski definition) is 1. The lowest BCUT2D eigenvalue weighted by Crippen LogP contribution is -2.35. The molecule has 0 radical (unpaired) electrons. The smallest absolute Gasteiger partial charge is 0.0477 e. The fraction of sp³-hybridized carbons (Fsp3) is 0.368.